The quantitative estimate of drug-likeness (QED) is 0.795. The van der Waals surface area contributed by atoms with Gasteiger partial charge in [0.25, 0.3) is 5.91 Å². The van der Waals surface area contributed by atoms with Gasteiger partial charge in [-0.3, -0.25) is 9.78 Å². The minimum Gasteiger partial charge on any atom is -0.368 e. The molecule has 2 heterocycles. The lowest BCUT2D eigenvalue weighted by Gasteiger charge is -2.23. The molecule has 0 N–H and O–H groups in total. The highest BCUT2D eigenvalue weighted by Gasteiger charge is 2.27. The Labute approximate surface area is 102 Å². The zero-order chi connectivity index (χ0) is 12.1. The number of ether oxygens (including phenoxy) is 1. The van der Waals surface area contributed by atoms with Crippen LogP contribution in [0.25, 0.3) is 0 Å². The van der Waals surface area contributed by atoms with Crippen LogP contribution >= 0.6 is 0 Å². The van der Waals surface area contributed by atoms with Crippen LogP contribution in [0.15, 0.2) is 24.5 Å². The topological polar surface area (TPSA) is 42.4 Å². The lowest BCUT2D eigenvalue weighted by Crippen LogP contribution is -2.38. The van der Waals surface area contributed by atoms with E-state index in [1.54, 1.807) is 12.4 Å². The predicted octanol–water partition coefficient (Wildman–Crippen LogP) is 1.61. The summed E-state index contributed by atoms with van der Waals surface area (Å²) in [6.07, 6.45) is 5.12. The number of rotatable bonds is 4. The molecule has 0 spiro atoms. The number of carbonyl (C=O) groups excluding carboxylic acids is 1. The van der Waals surface area contributed by atoms with E-state index in [-0.39, 0.29) is 12.0 Å². The first-order chi connectivity index (χ1) is 8.31. The predicted molar refractivity (Wildman–Crippen MR) is 64.3 cm³/mol. The summed E-state index contributed by atoms with van der Waals surface area (Å²) in [4.78, 5) is 18.0. The van der Waals surface area contributed by atoms with E-state index >= 15 is 0 Å². The molecule has 0 bridgehead atoms. The normalized spacial score (nSPS) is 19.2. The van der Waals surface area contributed by atoms with Crippen molar-refractivity contribution >= 4 is 5.91 Å². The molecule has 92 valence electrons. The standard InChI is InChI=1S/C13H18N2O2/c1-2-15(10-11-5-7-14-8-6-11)13(16)12-4-3-9-17-12/h5-8,12H,2-4,9-10H2,1H3/t12-/m0/s1. The summed E-state index contributed by atoms with van der Waals surface area (Å²) in [7, 11) is 0. The zero-order valence-corrected chi connectivity index (χ0v) is 10.1. The molecule has 2 rings (SSSR count). The molecule has 1 aliphatic heterocycles. The van der Waals surface area contributed by atoms with Crippen LogP contribution in [0.4, 0.5) is 0 Å². The Morgan fingerprint density at radius 1 is 1.53 bits per heavy atom. The van der Waals surface area contributed by atoms with E-state index in [2.05, 4.69) is 4.98 Å². The van der Waals surface area contributed by atoms with Crippen LogP contribution in [-0.2, 0) is 16.1 Å². The first-order valence-corrected chi connectivity index (χ1v) is 6.10. The largest absolute Gasteiger partial charge is 0.368 e. The van der Waals surface area contributed by atoms with Crippen LogP contribution in [0.3, 0.4) is 0 Å². The molecular weight excluding hydrogens is 216 g/mol. The monoisotopic (exact) mass is 234 g/mol. The van der Waals surface area contributed by atoms with Gasteiger partial charge in [0.1, 0.15) is 6.10 Å². The second kappa shape index (κ2) is 5.77. The first kappa shape index (κ1) is 12.0. The lowest BCUT2D eigenvalue weighted by atomic mass is 10.2. The van der Waals surface area contributed by atoms with Gasteiger partial charge in [-0.2, -0.15) is 0 Å². The van der Waals surface area contributed by atoms with Gasteiger partial charge in [-0.15, -0.1) is 0 Å². The molecule has 4 nitrogen and oxygen atoms in total. The van der Waals surface area contributed by atoms with Crippen molar-refractivity contribution in [2.24, 2.45) is 0 Å². The van der Waals surface area contributed by atoms with Crippen molar-refractivity contribution in [2.45, 2.75) is 32.4 Å². The van der Waals surface area contributed by atoms with Crippen LogP contribution in [0.1, 0.15) is 25.3 Å². The molecule has 17 heavy (non-hydrogen) atoms. The van der Waals surface area contributed by atoms with Crippen LogP contribution in [-0.4, -0.2) is 35.0 Å². The second-order valence-electron chi connectivity index (χ2n) is 4.21. The van der Waals surface area contributed by atoms with Crippen LogP contribution in [0.5, 0.6) is 0 Å². The summed E-state index contributed by atoms with van der Waals surface area (Å²) in [6, 6.07) is 3.87. The van der Waals surface area contributed by atoms with Crippen molar-refractivity contribution in [1.29, 1.82) is 0 Å². The Hall–Kier alpha value is -1.42. The molecule has 1 aromatic heterocycles. The van der Waals surface area contributed by atoms with E-state index < -0.39 is 0 Å². The third-order valence-corrected chi connectivity index (χ3v) is 3.02. The lowest BCUT2D eigenvalue weighted by molar-refractivity contribution is -0.141. The fraction of sp³-hybridized carbons (Fsp3) is 0.538. The van der Waals surface area contributed by atoms with Crippen molar-refractivity contribution in [1.82, 2.24) is 9.88 Å². The molecule has 0 saturated carbocycles. The molecule has 1 aromatic rings. The van der Waals surface area contributed by atoms with Crippen LogP contribution in [0, 0.1) is 0 Å². The Balaban J connectivity index is 1.98. The van der Waals surface area contributed by atoms with E-state index in [0.717, 1.165) is 18.4 Å². The summed E-state index contributed by atoms with van der Waals surface area (Å²) < 4.78 is 5.43. The Morgan fingerprint density at radius 3 is 2.88 bits per heavy atom. The number of hydrogen-bond acceptors (Lipinski definition) is 3. The van der Waals surface area contributed by atoms with E-state index in [1.807, 2.05) is 24.0 Å². The number of likely N-dealkylation sites (N-methyl/N-ethyl adjacent to an activating group) is 1. The minimum atomic E-state index is -0.225. The van der Waals surface area contributed by atoms with E-state index in [0.29, 0.717) is 19.7 Å². The summed E-state index contributed by atoms with van der Waals surface area (Å²) >= 11 is 0. The van der Waals surface area contributed by atoms with Crippen LogP contribution in [0.2, 0.25) is 0 Å². The number of hydrogen-bond donors (Lipinski definition) is 0. The SMILES string of the molecule is CCN(Cc1ccncc1)C(=O)[C@@H]1CCCO1. The molecule has 1 aliphatic rings. The number of pyridine rings is 1. The fourth-order valence-corrected chi connectivity index (χ4v) is 2.03. The van der Waals surface area contributed by atoms with Gasteiger partial charge in [0.2, 0.25) is 0 Å². The first-order valence-electron chi connectivity index (χ1n) is 6.10. The average molecular weight is 234 g/mol. The molecule has 0 aromatic carbocycles. The van der Waals surface area contributed by atoms with Gasteiger partial charge in [-0.1, -0.05) is 0 Å². The summed E-state index contributed by atoms with van der Waals surface area (Å²) in [5, 5.41) is 0. The van der Waals surface area contributed by atoms with Gasteiger partial charge in [-0.25, -0.2) is 0 Å². The van der Waals surface area contributed by atoms with Gasteiger partial charge >= 0.3 is 0 Å². The van der Waals surface area contributed by atoms with Crippen LogP contribution < -0.4 is 0 Å². The highest BCUT2D eigenvalue weighted by Crippen LogP contribution is 2.16. The maximum Gasteiger partial charge on any atom is 0.251 e. The van der Waals surface area contributed by atoms with Gasteiger partial charge in [-0.05, 0) is 37.5 Å². The van der Waals surface area contributed by atoms with E-state index in [4.69, 9.17) is 4.74 Å². The van der Waals surface area contributed by atoms with E-state index in [9.17, 15) is 4.79 Å². The third-order valence-electron chi connectivity index (χ3n) is 3.02. The second-order valence-corrected chi connectivity index (χ2v) is 4.21. The van der Waals surface area contributed by atoms with Gasteiger partial charge in [0.05, 0.1) is 0 Å². The van der Waals surface area contributed by atoms with Crippen molar-refractivity contribution in [2.75, 3.05) is 13.2 Å². The van der Waals surface area contributed by atoms with Crippen molar-refractivity contribution in [3.05, 3.63) is 30.1 Å². The summed E-state index contributed by atoms with van der Waals surface area (Å²) in [5.74, 6) is 0.113. The van der Waals surface area contributed by atoms with Gasteiger partial charge < -0.3 is 9.64 Å². The van der Waals surface area contributed by atoms with Crippen molar-refractivity contribution < 1.29 is 9.53 Å². The molecule has 0 aliphatic carbocycles. The average Bonchev–Trinajstić information content (AvgIpc) is 2.90. The molecule has 1 amide bonds. The highest BCUT2D eigenvalue weighted by molar-refractivity contribution is 5.81. The fourth-order valence-electron chi connectivity index (χ4n) is 2.03. The number of carbonyl (C=O) groups is 1. The number of aromatic nitrogens is 1. The smallest absolute Gasteiger partial charge is 0.251 e. The number of nitrogens with zero attached hydrogens (tertiary/aromatic N) is 2. The zero-order valence-electron chi connectivity index (χ0n) is 10.1. The molecule has 0 radical (unpaired) electrons. The Morgan fingerprint density at radius 2 is 2.29 bits per heavy atom. The van der Waals surface area contributed by atoms with Gasteiger partial charge in [0, 0.05) is 32.1 Å². The maximum absolute atomic E-state index is 12.2. The Kier molecular flexibility index (Phi) is 4.09. The highest BCUT2D eigenvalue weighted by atomic mass is 16.5. The van der Waals surface area contributed by atoms with E-state index in [1.165, 1.54) is 0 Å². The molecule has 1 atom stereocenters. The number of amides is 1. The molecule has 0 unspecified atom stereocenters. The minimum absolute atomic E-state index is 0.113. The van der Waals surface area contributed by atoms with Crippen molar-refractivity contribution in [3.8, 4) is 0 Å². The molecular formula is C13H18N2O2. The Bertz CT molecular complexity index is 361. The van der Waals surface area contributed by atoms with Crippen molar-refractivity contribution in [3.63, 3.8) is 0 Å². The molecule has 1 fully saturated rings. The summed E-state index contributed by atoms with van der Waals surface area (Å²) in [6.45, 7) is 4.05. The molecule has 4 heteroatoms. The third kappa shape index (κ3) is 3.03. The molecule has 1 saturated heterocycles. The van der Waals surface area contributed by atoms with Gasteiger partial charge in [0.15, 0.2) is 0 Å². The summed E-state index contributed by atoms with van der Waals surface area (Å²) in [5.41, 5.74) is 1.10. The maximum atomic E-state index is 12.2.